The van der Waals surface area contributed by atoms with Crippen LogP contribution in [0, 0.1) is 5.82 Å². The Hall–Kier alpha value is -2.32. The van der Waals surface area contributed by atoms with Crippen molar-refractivity contribution in [2.75, 3.05) is 35.6 Å². The number of likely N-dealkylation sites (tertiary alicyclic amines) is 1. The van der Waals surface area contributed by atoms with Crippen molar-refractivity contribution < 1.29 is 9.18 Å². The number of rotatable bonds is 4. The molecule has 2 aromatic rings. The van der Waals surface area contributed by atoms with Crippen LogP contribution in [0.25, 0.3) is 0 Å². The van der Waals surface area contributed by atoms with E-state index in [0.29, 0.717) is 41.8 Å². The Bertz CT molecular complexity index is 909. The third-order valence-corrected chi connectivity index (χ3v) is 5.81. The average Bonchev–Trinajstić information content (AvgIpc) is 3.04. The normalized spacial score (nSPS) is 22.2. The molecule has 29 heavy (non-hydrogen) atoms. The molecule has 2 aliphatic heterocycles. The monoisotopic (exact) mass is 438 g/mol. The van der Waals surface area contributed by atoms with Gasteiger partial charge in [0.2, 0.25) is 11.7 Å². The lowest BCUT2D eigenvalue weighted by atomic mass is 10.0. The highest BCUT2D eigenvalue weighted by Crippen LogP contribution is 2.29. The minimum absolute atomic E-state index is 0.0124. The second-order valence-electron chi connectivity index (χ2n) is 7.31. The molecule has 0 saturated carbocycles. The van der Waals surface area contributed by atoms with E-state index in [1.165, 1.54) is 6.33 Å². The molecule has 0 bridgehead atoms. The molecule has 3 heterocycles. The van der Waals surface area contributed by atoms with Crippen LogP contribution in [0.5, 0.6) is 0 Å². The lowest BCUT2D eigenvalue weighted by Gasteiger charge is -2.38. The number of carbonyl (C=O) groups is 1. The van der Waals surface area contributed by atoms with Crippen molar-refractivity contribution in [2.24, 2.45) is 0 Å². The Balaban J connectivity index is 1.45. The number of hydrogen-bond acceptors (Lipinski definition) is 6. The highest BCUT2D eigenvalue weighted by Gasteiger charge is 2.38. The molecule has 2 saturated heterocycles. The molecule has 10 heteroatoms. The highest BCUT2D eigenvalue weighted by molar-refractivity contribution is 6.35. The van der Waals surface area contributed by atoms with Gasteiger partial charge in [-0.1, -0.05) is 23.2 Å². The van der Waals surface area contributed by atoms with E-state index in [9.17, 15) is 9.18 Å². The highest BCUT2D eigenvalue weighted by atomic mass is 35.5. The van der Waals surface area contributed by atoms with Crippen LogP contribution in [-0.2, 0) is 4.79 Å². The van der Waals surface area contributed by atoms with Gasteiger partial charge in [0.1, 0.15) is 12.4 Å². The van der Waals surface area contributed by atoms with Crippen LogP contribution in [0.4, 0.5) is 21.7 Å². The summed E-state index contributed by atoms with van der Waals surface area (Å²) in [5.41, 5.74) is 6.29. The van der Waals surface area contributed by atoms with Crippen LogP contribution >= 0.6 is 23.2 Å². The van der Waals surface area contributed by atoms with Crippen LogP contribution in [0.1, 0.15) is 19.3 Å². The molecule has 1 aromatic heterocycles. The van der Waals surface area contributed by atoms with Gasteiger partial charge in [0.15, 0.2) is 11.6 Å². The van der Waals surface area contributed by atoms with Crippen molar-refractivity contribution in [1.82, 2.24) is 14.9 Å². The fourth-order valence-corrected chi connectivity index (χ4v) is 4.56. The molecule has 0 radical (unpaired) electrons. The maximum absolute atomic E-state index is 14.3. The Labute approximate surface area is 178 Å². The zero-order valence-corrected chi connectivity index (χ0v) is 17.1. The number of nitrogens with zero attached hydrogens (tertiary/aromatic N) is 4. The maximum atomic E-state index is 14.3. The van der Waals surface area contributed by atoms with Gasteiger partial charge >= 0.3 is 0 Å². The van der Waals surface area contributed by atoms with Crippen LogP contribution < -0.4 is 16.0 Å². The smallest absolute Gasteiger partial charge is 0.245 e. The quantitative estimate of drug-likeness (QED) is 0.761. The first kappa shape index (κ1) is 20.0. The van der Waals surface area contributed by atoms with Gasteiger partial charge < -0.3 is 20.9 Å². The van der Waals surface area contributed by atoms with Crippen LogP contribution in [0.3, 0.4) is 0 Å². The Kier molecular flexibility index (Phi) is 5.65. The fraction of sp³-hybridized carbons (Fsp3) is 0.421. The number of nitrogens with two attached hydrogens (primary N) is 1. The summed E-state index contributed by atoms with van der Waals surface area (Å²) in [6, 6.07) is 4.78. The number of nitrogens with one attached hydrogen (secondary N) is 1. The van der Waals surface area contributed by atoms with Crippen molar-refractivity contribution >= 4 is 46.4 Å². The number of anilines is 3. The summed E-state index contributed by atoms with van der Waals surface area (Å²) in [5.74, 6) is -0.565. The van der Waals surface area contributed by atoms with Crippen molar-refractivity contribution in [3.63, 3.8) is 0 Å². The summed E-state index contributed by atoms with van der Waals surface area (Å²) in [7, 11) is 0. The van der Waals surface area contributed by atoms with Crippen LogP contribution in [0.2, 0.25) is 10.0 Å². The Morgan fingerprint density at radius 2 is 1.90 bits per heavy atom. The van der Waals surface area contributed by atoms with E-state index in [0.717, 1.165) is 12.8 Å². The average molecular weight is 439 g/mol. The number of nitrogen functional groups attached to an aromatic ring is 1. The van der Waals surface area contributed by atoms with E-state index >= 15 is 0 Å². The molecule has 4 rings (SSSR count). The molecule has 1 amide bonds. The number of piperidine rings is 1. The summed E-state index contributed by atoms with van der Waals surface area (Å²) in [6.07, 6.45) is 3.63. The fourth-order valence-electron chi connectivity index (χ4n) is 4.03. The Morgan fingerprint density at radius 1 is 1.14 bits per heavy atom. The molecule has 2 atom stereocenters. The third-order valence-electron chi connectivity index (χ3n) is 5.38. The molecule has 154 valence electrons. The van der Waals surface area contributed by atoms with E-state index in [4.69, 9.17) is 28.9 Å². The summed E-state index contributed by atoms with van der Waals surface area (Å²) in [6.45, 7) is 1.81. The lowest BCUT2D eigenvalue weighted by Crippen LogP contribution is -2.50. The summed E-state index contributed by atoms with van der Waals surface area (Å²) in [5, 5.41) is 4.25. The van der Waals surface area contributed by atoms with Crippen molar-refractivity contribution in [3.05, 3.63) is 40.4 Å². The van der Waals surface area contributed by atoms with E-state index in [2.05, 4.69) is 15.3 Å². The topological polar surface area (TPSA) is 87.4 Å². The van der Waals surface area contributed by atoms with Crippen molar-refractivity contribution in [2.45, 2.75) is 31.3 Å². The molecule has 3 N–H and O–H groups in total. The number of amides is 1. The maximum Gasteiger partial charge on any atom is 0.245 e. The van der Waals surface area contributed by atoms with Gasteiger partial charge in [0.05, 0.1) is 0 Å². The lowest BCUT2D eigenvalue weighted by molar-refractivity contribution is -0.130. The predicted molar refractivity (Wildman–Crippen MR) is 112 cm³/mol. The van der Waals surface area contributed by atoms with Gasteiger partial charge in [-0.05, 0) is 37.5 Å². The first-order valence-corrected chi connectivity index (χ1v) is 10.2. The molecule has 0 spiro atoms. The number of aromatic nitrogens is 2. The van der Waals surface area contributed by atoms with E-state index in [1.54, 1.807) is 18.2 Å². The molecule has 0 aliphatic carbocycles. The van der Waals surface area contributed by atoms with E-state index < -0.39 is 5.82 Å². The summed E-state index contributed by atoms with van der Waals surface area (Å²) < 4.78 is 14.3. The SMILES string of the molecule is Nc1ncnc(N2CCCC(N3CCC(Nc4cc(Cl)cc(Cl)c4)C3=O)C2)c1F. The first-order chi connectivity index (χ1) is 13.9. The second kappa shape index (κ2) is 8.20. The molecule has 2 fully saturated rings. The minimum atomic E-state index is -0.613. The van der Waals surface area contributed by atoms with Gasteiger partial charge in [-0.25, -0.2) is 9.97 Å². The molecule has 2 unspecified atom stereocenters. The van der Waals surface area contributed by atoms with Gasteiger partial charge in [-0.2, -0.15) is 4.39 Å². The van der Waals surface area contributed by atoms with Crippen LogP contribution in [-0.4, -0.2) is 52.5 Å². The zero-order valence-electron chi connectivity index (χ0n) is 15.6. The summed E-state index contributed by atoms with van der Waals surface area (Å²) >= 11 is 12.1. The number of hydrogen-bond donors (Lipinski definition) is 2. The van der Waals surface area contributed by atoms with Crippen LogP contribution in [0.15, 0.2) is 24.5 Å². The van der Waals surface area contributed by atoms with Crippen molar-refractivity contribution in [1.29, 1.82) is 0 Å². The molecular weight excluding hydrogens is 418 g/mol. The summed E-state index contributed by atoms with van der Waals surface area (Å²) in [4.78, 5) is 24.4. The number of benzene rings is 1. The number of halogens is 3. The largest absolute Gasteiger partial charge is 0.381 e. The standard InChI is InChI=1S/C19H21Cl2FN6O/c20-11-6-12(21)8-13(7-11)26-15-3-5-28(19(15)29)14-2-1-4-27(9-14)18-16(22)17(23)24-10-25-18/h6-8,10,14-15,26H,1-5,9H2,(H2,23,24,25). The molecular formula is C19H21Cl2FN6O. The van der Waals surface area contributed by atoms with Gasteiger partial charge in [-0.15, -0.1) is 0 Å². The Morgan fingerprint density at radius 3 is 2.66 bits per heavy atom. The second-order valence-corrected chi connectivity index (χ2v) is 8.19. The van der Waals surface area contributed by atoms with E-state index in [-0.39, 0.29) is 29.6 Å². The predicted octanol–water partition coefficient (Wildman–Crippen LogP) is 3.19. The molecule has 1 aromatic carbocycles. The van der Waals surface area contributed by atoms with Gasteiger partial charge in [0, 0.05) is 41.4 Å². The van der Waals surface area contributed by atoms with Gasteiger partial charge in [-0.3, -0.25) is 4.79 Å². The number of carbonyl (C=O) groups excluding carboxylic acids is 1. The van der Waals surface area contributed by atoms with E-state index in [1.807, 2.05) is 9.80 Å². The van der Waals surface area contributed by atoms with Crippen molar-refractivity contribution in [3.8, 4) is 0 Å². The minimum Gasteiger partial charge on any atom is -0.381 e. The van der Waals surface area contributed by atoms with Gasteiger partial charge in [0.25, 0.3) is 0 Å². The molecule has 7 nitrogen and oxygen atoms in total. The third kappa shape index (κ3) is 4.18. The molecule has 2 aliphatic rings. The zero-order chi connectivity index (χ0) is 20.5. The first-order valence-electron chi connectivity index (χ1n) is 9.46.